The third-order valence-electron chi connectivity index (χ3n) is 4.27. The molecule has 1 N–H and O–H groups in total. The van der Waals surface area contributed by atoms with Crippen molar-refractivity contribution in [2.45, 2.75) is 44.6 Å². The molecule has 1 saturated heterocycles. The molecule has 1 aliphatic heterocycles. The van der Waals surface area contributed by atoms with E-state index in [2.05, 4.69) is 36.5 Å². The summed E-state index contributed by atoms with van der Waals surface area (Å²) in [4.78, 5) is 0. The van der Waals surface area contributed by atoms with Crippen molar-refractivity contribution in [2.75, 3.05) is 13.1 Å². The number of ether oxygens (including phenoxy) is 1. The first-order chi connectivity index (χ1) is 8.86. The van der Waals surface area contributed by atoms with Crippen molar-refractivity contribution in [3.63, 3.8) is 0 Å². The third kappa shape index (κ3) is 2.69. The largest absolute Gasteiger partial charge is 0.490 e. The standard InChI is InChI=1S/C16H23NO/c1-2-12-11-17-10-9-16(12)13-3-5-14(6-4-13)18-15-7-8-15/h3-6,12,15-17H,2,7-11H2,1H3. The van der Waals surface area contributed by atoms with Crippen molar-refractivity contribution in [1.29, 1.82) is 0 Å². The summed E-state index contributed by atoms with van der Waals surface area (Å²) in [6.07, 6.45) is 5.49. The summed E-state index contributed by atoms with van der Waals surface area (Å²) in [5.41, 5.74) is 1.49. The highest BCUT2D eigenvalue weighted by Gasteiger charge is 2.26. The van der Waals surface area contributed by atoms with Gasteiger partial charge in [0.2, 0.25) is 0 Å². The van der Waals surface area contributed by atoms with Crippen LogP contribution < -0.4 is 10.1 Å². The highest BCUT2D eigenvalue weighted by molar-refractivity contribution is 5.30. The van der Waals surface area contributed by atoms with Crippen LogP contribution in [0.2, 0.25) is 0 Å². The van der Waals surface area contributed by atoms with Crippen LogP contribution in [0.3, 0.4) is 0 Å². The lowest BCUT2D eigenvalue weighted by molar-refractivity contribution is 0.301. The number of nitrogens with one attached hydrogen (secondary N) is 1. The lowest BCUT2D eigenvalue weighted by atomic mass is 9.80. The van der Waals surface area contributed by atoms with Gasteiger partial charge in [0, 0.05) is 0 Å². The SMILES string of the molecule is CCC1CNCCC1c1ccc(OC2CC2)cc1. The highest BCUT2D eigenvalue weighted by Crippen LogP contribution is 2.34. The maximum atomic E-state index is 5.81. The topological polar surface area (TPSA) is 21.3 Å². The molecule has 1 aromatic rings. The van der Waals surface area contributed by atoms with Crippen LogP contribution in [-0.4, -0.2) is 19.2 Å². The number of hydrogen-bond donors (Lipinski definition) is 1. The van der Waals surface area contributed by atoms with E-state index in [-0.39, 0.29) is 0 Å². The summed E-state index contributed by atoms with van der Waals surface area (Å²) in [7, 11) is 0. The minimum absolute atomic E-state index is 0.498. The molecule has 98 valence electrons. The molecule has 2 unspecified atom stereocenters. The number of piperidine rings is 1. The molecule has 0 radical (unpaired) electrons. The fraction of sp³-hybridized carbons (Fsp3) is 0.625. The Labute approximate surface area is 110 Å². The van der Waals surface area contributed by atoms with Crippen molar-refractivity contribution in [3.8, 4) is 5.75 Å². The van der Waals surface area contributed by atoms with Crippen LogP contribution in [0.25, 0.3) is 0 Å². The highest BCUT2D eigenvalue weighted by atomic mass is 16.5. The Bertz CT molecular complexity index is 383. The van der Waals surface area contributed by atoms with Gasteiger partial charge in [-0.2, -0.15) is 0 Å². The molecule has 3 rings (SSSR count). The molecule has 2 heteroatoms. The molecule has 1 heterocycles. The van der Waals surface area contributed by atoms with Gasteiger partial charge < -0.3 is 10.1 Å². The molecule has 0 aromatic heterocycles. The monoisotopic (exact) mass is 245 g/mol. The van der Waals surface area contributed by atoms with Gasteiger partial charge in [-0.25, -0.2) is 0 Å². The fourth-order valence-corrected chi connectivity index (χ4v) is 2.96. The smallest absolute Gasteiger partial charge is 0.119 e. The molecule has 18 heavy (non-hydrogen) atoms. The van der Waals surface area contributed by atoms with Gasteiger partial charge in [-0.1, -0.05) is 25.5 Å². The first-order valence-corrected chi connectivity index (χ1v) is 7.34. The molecule has 1 aromatic carbocycles. The van der Waals surface area contributed by atoms with Gasteiger partial charge in [-0.15, -0.1) is 0 Å². The van der Waals surface area contributed by atoms with Crippen LogP contribution in [0.15, 0.2) is 24.3 Å². The Balaban J connectivity index is 1.69. The van der Waals surface area contributed by atoms with Crippen LogP contribution in [-0.2, 0) is 0 Å². The van der Waals surface area contributed by atoms with Gasteiger partial charge in [-0.05, 0) is 61.9 Å². The zero-order valence-corrected chi connectivity index (χ0v) is 11.2. The van der Waals surface area contributed by atoms with Crippen LogP contribution in [0.1, 0.15) is 44.1 Å². The van der Waals surface area contributed by atoms with Gasteiger partial charge in [-0.3, -0.25) is 0 Å². The first-order valence-electron chi connectivity index (χ1n) is 7.34. The Morgan fingerprint density at radius 2 is 1.94 bits per heavy atom. The lowest BCUT2D eigenvalue weighted by Gasteiger charge is -2.32. The second-order valence-electron chi connectivity index (χ2n) is 5.65. The minimum Gasteiger partial charge on any atom is -0.490 e. The van der Waals surface area contributed by atoms with Crippen LogP contribution in [0, 0.1) is 5.92 Å². The van der Waals surface area contributed by atoms with Crippen molar-refractivity contribution in [2.24, 2.45) is 5.92 Å². The molecule has 1 aliphatic carbocycles. The molecular weight excluding hydrogens is 222 g/mol. The summed E-state index contributed by atoms with van der Waals surface area (Å²) in [6.45, 7) is 4.62. The fourth-order valence-electron chi connectivity index (χ4n) is 2.96. The summed E-state index contributed by atoms with van der Waals surface area (Å²) in [6, 6.07) is 8.86. The van der Waals surface area contributed by atoms with E-state index >= 15 is 0 Å². The molecule has 2 aliphatic rings. The normalized spacial score (nSPS) is 28.1. The van der Waals surface area contributed by atoms with Gasteiger partial charge in [0.05, 0.1) is 6.10 Å². The zero-order valence-electron chi connectivity index (χ0n) is 11.2. The van der Waals surface area contributed by atoms with Gasteiger partial charge in [0.15, 0.2) is 0 Å². The summed E-state index contributed by atoms with van der Waals surface area (Å²) >= 11 is 0. The summed E-state index contributed by atoms with van der Waals surface area (Å²) < 4.78 is 5.81. The lowest BCUT2D eigenvalue weighted by Crippen LogP contribution is -2.35. The minimum atomic E-state index is 0.498. The van der Waals surface area contributed by atoms with E-state index < -0.39 is 0 Å². The Kier molecular flexibility index (Phi) is 3.55. The molecule has 0 spiro atoms. The average molecular weight is 245 g/mol. The molecular formula is C16H23NO. The zero-order chi connectivity index (χ0) is 12.4. The Morgan fingerprint density at radius 1 is 1.17 bits per heavy atom. The Morgan fingerprint density at radius 3 is 2.61 bits per heavy atom. The van der Waals surface area contributed by atoms with Gasteiger partial charge in [0.1, 0.15) is 5.75 Å². The molecule has 2 atom stereocenters. The number of benzene rings is 1. The number of hydrogen-bond acceptors (Lipinski definition) is 2. The van der Waals surface area contributed by atoms with Crippen molar-refractivity contribution < 1.29 is 4.74 Å². The Hall–Kier alpha value is -1.02. The molecule has 2 fully saturated rings. The summed E-state index contributed by atoms with van der Waals surface area (Å²) in [5.74, 6) is 2.56. The van der Waals surface area contributed by atoms with E-state index in [0.29, 0.717) is 6.10 Å². The quantitative estimate of drug-likeness (QED) is 0.878. The van der Waals surface area contributed by atoms with Crippen molar-refractivity contribution in [1.82, 2.24) is 5.32 Å². The molecule has 0 bridgehead atoms. The molecule has 2 nitrogen and oxygen atoms in total. The van der Waals surface area contributed by atoms with Gasteiger partial charge >= 0.3 is 0 Å². The van der Waals surface area contributed by atoms with Gasteiger partial charge in [0.25, 0.3) is 0 Å². The van der Waals surface area contributed by atoms with E-state index in [1.54, 1.807) is 0 Å². The van der Waals surface area contributed by atoms with Crippen LogP contribution >= 0.6 is 0 Å². The molecule has 0 amide bonds. The average Bonchev–Trinajstić information content (AvgIpc) is 3.24. The predicted molar refractivity (Wildman–Crippen MR) is 74.1 cm³/mol. The van der Waals surface area contributed by atoms with E-state index in [0.717, 1.165) is 24.1 Å². The van der Waals surface area contributed by atoms with Crippen LogP contribution in [0.4, 0.5) is 0 Å². The van der Waals surface area contributed by atoms with Crippen molar-refractivity contribution >= 4 is 0 Å². The van der Waals surface area contributed by atoms with E-state index in [1.165, 1.54) is 37.8 Å². The molecule has 1 saturated carbocycles. The first kappa shape index (κ1) is 12.0. The van der Waals surface area contributed by atoms with Crippen LogP contribution in [0.5, 0.6) is 5.75 Å². The van der Waals surface area contributed by atoms with E-state index in [9.17, 15) is 0 Å². The van der Waals surface area contributed by atoms with Crippen molar-refractivity contribution in [3.05, 3.63) is 29.8 Å². The third-order valence-corrected chi connectivity index (χ3v) is 4.27. The second-order valence-corrected chi connectivity index (χ2v) is 5.65. The second kappa shape index (κ2) is 5.31. The maximum Gasteiger partial charge on any atom is 0.119 e. The summed E-state index contributed by atoms with van der Waals surface area (Å²) in [5, 5.41) is 3.51. The van der Waals surface area contributed by atoms with E-state index in [4.69, 9.17) is 4.74 Å². The predicted octanol–water partition coefficient (Wildman–Crippen LogP) is 3.33. The van der Waals surface area contributed by atoms with E-state index in [1.807, 2.05) is 0 Å². The number of rotatable bonds is 4. The maximum absolute atomic E-state index is 5.81.